The first kappa shape index (κ1) is 15.8. The minimum atomic E-state index is -4.40. The summed E-state index contributed by atoms with van der Waals surface area (Å²) in [6.07, 6.45) is 0. The van der Waals surface area contributed by atoms with Crippen LogP contribution in [0.1, 0.15) is 11.1 Å². The summed E-state index contributed by atoms with van der Waals surface area (Å²) < 4.78 is 47.7. The molecule has 0 fully saturated rings. The van der Waals surface area contributed by atoms with Gasteiger partial charge in [0, 0.05) is 11.1 Å². The molecule has 21 heavy (non-hydrogen) atoms. The molecule has 0 aromatic heterocycles. The molecule has 2 aromatic rings. The van der Waals surface area contributed by atoms with Crippen molar-refractivity contribution in [2.75, 3.05) is 0 Å². The van der Waals surface area contributed by atoms with Crippen molar-refractivity contribution in [3.63, 3.8) is 0 Å². The van der Waals surface area contributed by atoms with E-state index >= 15 is 0 Å². The van der Waals surface area contributed by atoms with Crippen LogP contribution in [0.5, 0.6) is 0 Å². The van der Waals surface area contributed by atoms with Gasteiger partial charge in [0.25, 0.3) is 0 Å². The summed E-state index contributed by atoms with van der Waals surface area (Å²) in [6, 6.07) is 11.4. The molecule has 2 aromatic carbocycles. The molecule has 0 aliphatic rings. The second-order valence-electron chi connectivity index (χ2n) is 4.20. The smallest absolute Gasteiger partial charge is 0.302 e. The molecular weight excluding hydrogens is 301 g/mol. The molecule has 7 heteroatoms. The first-order chi connectivity index (χ1) is 9.98. The Morgan fingerprint density at radius 3 is 1.62 bits per heavy atom. The molecule has 0 radical (unpaired) electrons. The van der Waals surface area contributed by atoms with E-state index in [1.54, 1.807) is 12.1 Å². The molecular formula is C14H13F2O4P. The van der Waals surface area contributed by atoms with Crippen molar-refractivity contribution >= 4 is 7.82 Å². The van der Waals surface area contributed by atoms with Crippen LogP contribution in [0.3, 0.4) is 0 Å². The maximum Gasteiger partial charge on any atom is 0.472 e. The van der Waals surface area contributed by atoms with Gasteiger partial charge in [-0.15, -0.1) is 0 Å². The Hall–Kier alpha value is -1.59. The van der Waals surface area contributed by atoms with E-state index in [4.69, 9.17) is 0 Å². The molecule has 0 unspecified atom stereocenters. The van der Waals surface area contributed by atoms with Gasteiger partial charge in [-0.3, -0.25) is 9.05 Å². The van der Waals surface area contributed by atoms with Crippen molar-refractivity contribution in [1.82, 2.24) is 0 Å². The van der Waals surface area contributed by atoms with E-state index in [1.165, 1.54) is 36.4 Å². The zero-order valence-electron chi connectivity index (χ0n) is 10.9. The molecule has 4 nitrogen and oxygen atoms in total. The minimum absolute atomic E-state index is 0.126. The minimum Gasteiger partial charge on any atom is -0.302 e. The van der Waals surface area contributed by atoms with Crippen LogP contribution in [0.25, 0.3) is 0 Å². The number of benzene rings is 2. The quantitative estimate of drug-likeness (QED) is 0.824. The lowest BCUT2D eigenvalue weighted by atomic mass is 10.2. The second-order valence-corrected chi connectivity index (χ2v) is 5.65. The van der Waals surface area contributed by atoms with Crippen molar-refractivity contribution < 1.29 is 27.3 Å². The van der Waals surface area contributed by atoms with Crippen molar-refractivity contribution in [1.29, 1.82) is 0 Å². The van der Waals surface area contributed by atoms with Gasteiger partial charge >= 0.3 is 7.82 Å². The third-order valence-electron chi connectivity index (χ3n) is 2.68. The van der Waals surface area contributed by atoms with Crippen molar-refractivity contribution in [2.45, 2.75) is 13.2 Å². The Labute approximate surface area is 120 Å². The van der Waals surface area contributed by atoms with Crippen LogP contribution in [0.2, 0.25) is 0 Å². The molecule has 0 saturated carbocycles. The topological polar surface area (TPSA) is 55.8 Å². The van der Waals surface area contributed by atoms with Crippen molar-refractivity contribution in [2.24, 2.45) is 0 Å². The van der Waals surface area contributed by atoms with E-state index in [0.717, 1.165) is 0 Å². The van der Waals surface area contributed by atoms with Gasteiger partial charge in [0.15, 0.2) is 0 Å². The SMILES string of the molecule is O=P(O)(OCc1ccccc1F)OCc1ccccc1F. The Morgan fingerprint density at radius 2 is 1.24 bits per heavy atom. The van der Waals surface area contributed by atoms with E-state index in [-0.39, 0.29) is 11.1 Å². The molecule has 0 heterocycles. The largest absolute Gasteiger partial charge is 0.472 e. The Balaban J connectivity index is 1.92. The lowest BCUT2D eigenvalue weighted by Gasteiger charge is -2.12. The van der Waals surface area contributed by atoms with Crippen LogP contribution >= 0.6 is 7.82 Å². The lowest BCUT2D eigenvalue weighted by molar-refractivity contribution is 0.135. The number of hydrogen-bond donors (Lipinski definition) is 1. The first-order valence-corrected chi connectivity index (χ1v) is 7.56. The van der Waals surface area contributed by atoms with Crippen molar-refractivity contribution in [3.8, 4) is 0 Å². The molecule has 0 saturated heterocycles. The van der Waals surface area contributed by atoms with Gasteiger partial charge in [-0.25, -0.2) is 13.3 Å². The van der Waals surface area contributed by atoms with E-state index in [2.05, 4.69) is 9.05 Å². The number of halogens is 2. The second kappa shape index (κ2) is 6.91. The molecule has 0 aliphatic heterocycles. The van der Waals surface area contributed by atoms with Crippen LogP contribution in [-0.2, 0) is 26.8 Å². The highest BCUT2D eigenvalue weighted by Gasteiger charge is 2.22. The molecule has 0 spiro atoms. The third-order valence-corrected chi connectivity index (χ3v) is 3.59. The summed E-state index contributed by atoms with van der Waals surface area (Å²) in [5.41, 5.74) is 0.252. The summed E-state index contributed by atoms with van der Waals surface area (Å²) in [7, 11) is -4.40. The van der Waals surface area contributed by atoms with Gasteiger partial charge in [0.2, 0.25) is 0 Å². The Morgan fingerprint density at radius 1 is 0.857 bits per heavy atom. The Kier molecular flexibility index (Phi) is 5.20. The monoisotopic (exact) mass is 314 g/mol. The molecule has 112 valence electrons. The van der Waals surface area contributed by atoms with Gasteiger partial charge in [-0.1, -0.05) is 36.4 Å². The predicted molar refractivity (Wildman–Crippen MR) is 72.2 cm³/mol. The predicted octanol–water partition coefficient (Wildman–Crippen LogP) is 3.80. The van der Waals surface area contributed by atoms with Crippen LogP contribution in [-0.4, -0.2) is 4.89 Å². The third kappa shape index (κ3) is 4.72. The fourth-order valence-corrected chi connectivity index (χ4v) is 2.25. The van der Waals surface area contributed by atoms with Gasteiger partial charge < -0.3 is 4.89 Å². The average molecular weight is 314 g/mol. The van der Waals surface area contributed by atoms with E-state index < -0.39 is 32.7 Å². The highest BCUT2D eigenvalue weighted by molar-refractivity contribution is 7.47. The lowest BCUT2D eigenvalue weighted by Crippen LogP contribution is -1.99. The summed E-state index contributed by atoms with van der Waals surface area (Å²) >= 11 is 0. The highest BCUT2D eigenvalue weighted by atomic mass is 31.2. The summed E-state index contributed by atoms with van der Waals surface area (Å²) in [5.74, 6) is -1.10. The van der Waals surface area contributed by atoms with Crippen LogP contribution in [0.15, 0.2) is 48.5 Å². The molecule has 2 rings (SSSR count). The standard InChI is InChI=1S/C14H13F2O4P/c15-13-7-3-1-5-11(13)9-19-21(17,18)20-10-12-6-2-4-8-14(12)16/h1-8H,9-10H2,(H,17,18). The Bertz CT molecular complexity index is 609. The highest BCUT2D eigenvalue weighted by Crippen LogP contribution is 2.45. The molecule has 0 bridgehead atoms. The number of rotatable bonds is 6. The molecule has 1 N–H and O–H groups in total. The van der Waals surface area contributed by atoms with Crippen LogP contribution < -0.4 is 0 Å². The van der Waals surface area contributed by atoms with Gasteiger partial charge in [-0.2, -0.15) is 0 Å². The number of hydrogen-bond acceptors (Lipinski definition) is 3. The van der Waals surface area contributed by atoms with Gasteiger partial charge in [-0.05, 0) is 12.1 Å². The van der Waals surface area contributed by atoms with Gasteiger partial charge in [0.05, 0.1) is 13.2 Å². The van der Waals surface area contributed by atoms with Crippen LogP contribution in [0, 0.1) is 11.6 Å². The zero-order chi connectivity index (χ0) is 15.3. The average Bonchev–Trinajstić information content (AvgIpc) is 2.46. The van der Waals surface area contributed by atoms with Gasteiger partial charge in [0.1, 0.15) is 11.6 Å². The fourth-order valence-electron chi connectivity index (χ4n) is 1.57. The zero-order valence-corrected chi connectivity index (χ0v) is 11.8. The summed E-state index contributed by atoms with van der Waals surface area (Å²) in [5, 5.41) is 0. The maximum absolute atomic E-state index is 13.3. The van der Waals surface area contributed by atoms with E-state index in [1.807, 2.05) is 0 Å². The van der Waals surface area contributed by atoms with Crippen molar-refractivity contribution in [3.05, 3.63) is 71.3 Å². The fraction of sp³-hybridized carbons (Fsp3) is 0.143. The van der Waals surface area contributed by atoms with E-state index in [0.29, 0.717) is 0 Å². The summed E-state index contributed by atoms with van der Waals surface area (Å²) in [4.78, 5) is 9.49. The number of phosphoric ester groups is 1. The molecule has 0 aliphatic carbocycles. The van der Waals surface area contributed by atoms with Crippen LogP contribution in [0.4, 0.5) is 8.78 Å². The maximum atomic E-state index is 13.3. The van der Waals surface area contributed by atoms with E-state index in [9.17, 15) is 18.2 Å². The molecule has 0 atom stereocenters. The summed E-state index contributed by atoms with van der Waals surface area (Å²) in [6.45, 7) is -0.838. The molecule has 0 amide bonds. The normalized spacial score (nSPS) is 11.6. The number of phosphoric acid groups is 1. The first-order valence-electron chi connectivity index (χ1n) is 6.06.